The molecule has 0 aliphatic carbocycles. The van der Waals surface area contributed by atoms with E-state index >= 15 is 0 Å². The Kier molecular flexibility index (Phi) is 3.76. The number of hydrogen-bond donors (Lipinski definition) is 0. The van der Waals surface area contributed by atoms with Crippen LogP contribution in [0.15, 0.2) is 53.7 Å². The fraction of sp³-hybridized carbons (Fsp3) is 0.200. The van der Waals surface area contributed by atoms with Crippen molar-refractivity contribution < 1.29 is 0 Å². The normalized spacial score (nSPS) is 13.8. The zero-order chi connectivity index (χ0) is 15.7. The van der Waals surface area contributed by atoms with E-state index in [2.05, 4.69) is 48.8 Å². The number of hydrogen-bond acceptors (Lipinski definition) is 2. The summed E-state index contributed by atoms with van der Waals surface area (Å²) < 4.78 is 0. The molecule has 1 aliphatic rings. The minimum Gasteiger partial charge on any atom is -0.261 e. The van der Waals surface area contributed by atoms with Crippen molar-refractivity contribution in [3.63, 3.8) is 0 Å². The summed E-state index contributed by atoms with van der Waals surface area (Å²) in [6, 6.07) is 10.5. The first-order valence-electron chi connectivity index (χ1n) is 7.51. The molecule has 2 heteroatoms. The summed E-state index contributed by atoms with van der Waals surface area (Å²) in [5.41, 5.74) is 9.13. The molecule has 0 amide bonds. The summed E-state index contributed by atoms with van der Waals surface area (Å²) in [6.45, 7) is 10.2. The van der Waals surface area contributed by atoms with E-state index in [0.717, 1.165) is 40.2 Å². The fourth-order valence-electron chi connectivity index (χ4n) is 2.64. The zero-order valence-electron chi connectivity index (χ0n) is 13.4. The van der Waals surface area contributed by atoms with Gasteiger partial charge >= 0.3 is 0 Å². The summed E-state index contributed by atoms with van der Waals surface area (Å²) in [4.78, 5) is 9.14. The number of aliphatic imine (C=N–C) groups is 1. The number of aryl methyl sites for hydroxylation is 1. The van der Waals surface area contributed by atoms with E-state index in [-0.39, 0.29) is 0 Å². The Labute approximate surface area is 132 Å². The lowest BCUT2D eigenvalue weighted by molar-refractivity contribution is 1.19. The Bertz CT molecular complexity index is 810. The lowest BCUT2D eigenvalue weighted by Gasteiger charge is -2.03. The minimum absolute atomic E-state index is 0.896. The number of allylic oxidation sites excluding steroid dienone is 2. The Morgan fingerprint density at radius 3 is 2.77 bits per heavy atom. The first-order chi connectivity index (χ1) is 10.5. The van der Waals surface area contributed by atoms with Gasteiger partial charge in [0.1, 0.15) is 0 Å². The molecule has 2 aromatic rings. The minimum atomic E-state index is 0.896. The van der Waals surface area contributed by atoms with Crippen molar-refractivity contribution in [2.45, 2.75) is 27.2 Å². The smallest absolute Gasteiger partial charge is 0.0675 e. The Morgan fingerprint density at radius 2 is 2.05 bits per heavy atom. The maximum atomic E-state index is 4.81. The second-order valence-corrected chi connectivity index (χ2v) is 5.86. The fourth-order valence-corrected chi connectivity index (χ4v) is 2.64. The first kappa shape index (κ1) is 14.5. The molecule has 0 saturated carbocycles. The number of benzene rings is 1. The molecule has 0 fully saturated rings. The largest absolute Gasteiger partial charge is 0.261 e. The van der Waals surface area contributed by atoms with Crippen LogP contribution in [0.25, 0.3) is 11.6 Å². The lowest BCUT2D eigenvalue weighted by Crippen LogP contribution is -2.00. The van der Waals surface area contributed by atoms with Crippen LogP contribution in [-0.4, -0.2) is 10.7 Å². The van der Waals surface area contributed by atoms with Gasteiger partial charge in [0.2, 0.25) is 0 Å². The molecule has 3 rings (SSSR count). The van der Waals surface area contributed by atoms with Crippen molar-refractivity contribution in [3.05, 3.63) is 71.1 Å². The van der Waals surface area contributed by atoms with Crippen LogP contribution in [0.2, 0.25) is 0 Å². The molecule has 0 unspecified atom stereocenters. The topological polar surface area (TPSA) is 25.2 Å². The highest BCUT2D eigenvalue weighted by atomic mass is 14.8. The maximum Gasteiger partial charge on any atom is 0.0675 e. The van der Waals surface area contributed by atoms with Gasteiger partial charge in [0.25, 0.3) is 0 Å². The second-order valence-electron chi connectivity index (χ2n) is 5.86. The standard InChI is InChI=1S/C20H20N2/c1-13(2)16-7-8-18-12-19(22-20(18)11-16)14(3)10-17-6-5-9-21-15(17)4/h5-11H,1,12H2,2-4H3/b14-10+. The van der Waals surface area contributed by atoms with Gasteiger partial charge in [0, 0.05) is 24.0 Å². The predicted octanol–water partition coefficient (Wildman–Crippen LogP) is 5.16. The zero-order valence-corrected chi connectivity index (χ0v) is 13.4. The molecule has 0 N–H and O–H groups in total. The third-order valence-electron chi connectivity index (χ3n) is 4.07. The third kappa shape index (κ3) is 2.77. The molecule has 0 saturated heterocycles. The van der Waals surface area contributed by atoms with E-state index in [1.807, 2.05) is 26.1 Å². The molecule has 0 spiro atoms. The number of pyridine rings is 1. The predicted molar refractivity (Wildman–Crippen MR) is 94.6 cm³/mol. The lowest BCUT2D eigenvalue weighted by atomic mass is 10.0. The van der Waals surface area contributed by atoms with E-state index in [4.69, 9.17) is 4.99 Å². The Balaban J connectivity index is 1.92. The molecule has 2 nitrogen and oxygen atoms in total. The summed E-state index contributed by atoms with van der Waals surface area (Å²) >= 11 is 0. The molecule has 1 aliphatic heterocycles. The third-order valence-corrected chi connectivity index (χ3v) is 4.07. The molecule has 0 atom stereocenters. The van der Waals surface area contributed by atoms with Gasteiger partial charge in [0.05, 0.1) is 5.69 Å². The van der Waals surface area contributed by atoms with Gasteiger partial charge < -0.3 is 0 Å². The number of fused-ring (bicyclic) bond motifs is 1. The van der Waals surface area contributed by atoms with Gasteiger partial charge in [0.15, 0.2) is 0 Å². The van der Waals surface area contributed by atoms with Crippen molar-refractivity contribution in [2.24, 2.45) is 4.99 Å². The van der Waals surface area contributed by atoms with Crippen molar-refractivity contribution >= 4 is 23.0 Å². The van der Waals surface area contributed by atoms with E-state index in [1.54, 1.807) is 0 Å². The summed E-state index contributed by atoms with van der Waals surface area (Å²) in [5.74, 6) is 0. The van der Waals surface area contributed by atoms with Crippen LogP contribution in [0, 0.1) is 6.92 Å². The van der Waals surface area contributed by atoms with Crippen molar-refractivity contribution in [1.29, 1.82) is 0 Å². The highest BCUT2D eigenvalue weighted by Crippen LogP contribution is 2.31. The highest BCUT2D eigenvalue weighted by Gasteiger charge is 2.16. The molecule has 1 aromatic heterocycles. The number of aromatic nitrogens is 1. The average molecular weight is 288 g/mol. The molecular formula is C20H20N2. The van der Waals surface area contributed by atoms with Crippen LogP contribution in [0.3, 0.4) is 0 Å². The van der Waals surface area contributed by atoms with E-state index in [0.29, 0.717) is 0 Å². The molecule has 22 heavy (non-hydrogen) atoms. The monoisotopic (exact) mass is 288 g/mol. The number of rotatable bonds is 3. The highest BCUT2D eigenvalue weighted by molar-refractivity contribution is 6.08. The Hall–Kier alpha value is -2.48. The maximum absolute atomic E-state index is 4.81. The van der Waals surface area contributed by atoms with Crippen LogP contribution in [0.4, 0.5) is 5.69 Å². The Morgan fingerprint density at radius 1 is 1.23 bits per heavy atom. The van der Waals surface area contributed by atoms with Crippen LogP contribution >= 0.6 is 0 Å². The van der Waals surface area contributed by atoms with Crippen LogP contribution in [-0.2, 0) is 6.42 Å². The van der Waals surface area contributed by atoms with E-state index in [9.17, 15) is 0 Å². The molecule has 0 bridgehead atoms. The molecule has 1 aromatic carbocycles. The second kappa shape index (κ2) is 5.72. The first-order valence-corrected chi connectivity index (χ1v) is 7.51. The van der Waals surface area contributed by atoms with Gasteiger partial charge in [-0.15, -0.1) is 0 Å². The average Bonchev–Trinajstić information content (AvgIpc) is 2.92. The van der Waals surface area contributed by atoms with E-state index in [1.165, 1.54) is 11.1 Å². The SMILES string of the molecule is C=C(C)c1ccc2c(c1)N=C(/C(C)=C/c1cccnc1C)C2. The number of nitrogens with zero attached hydrogens (tertiary/aromatic N) is 2. The van der Waals surface area contributed by atoms with Crippen LogP contribution in [0.5, 0.6) is 0 Å². The van der Waals surface area contributed by atoms with Crippen LogP contribution < -0.4 is 0 Å². The van der Waals surface area contributed by atoms with Gasteiger partial charge in [-0.25, -0.2) is 0 Å². The molecule has 110 valence electrons. The van der Waals surface area contributed by atoms with E-state index < -0.39 is 0 Å². The molecule has 0 radical (unpaired) electrons. The van der Waals surface area contributed by atoms with Crippen molar-refractivity contribution in [2.75, 3.05) is 0 Å². The summed E-state index contributed by atoms with van der Waals surface area (Å²) in [5, 5.41) is 0. The summed E-state index contributed by atoms with van der Waals surface area (Å²) in [6.07, 6.45) is 4.89. The van der Waals surface area contributed by atoms with Gasteiger partial charge in [-0.05, 0) is 61.2 Å². The molecular weight excluding hydrogens is 268 g/mol. The summed E-state index contributed by atoms with van der Waals surface area (Å²) in [7, 11) is 0. The molecule has 2 heterocycles. The van der Waals surface area contributed by atoms with Crippen molar-refractivity contribution in [1.82, 2.24) is 4.98 Å². The van der Waals surface area contributed by atoms with Gasteiger partial charge in [-0.2, -0.15) is 0 Å². The van der Waals surface area contributed by atoms with Gasteiger partial charge in [-0.3, -0.25) is 9.98 Å². The van der Waals surface area contributed by atoms with Crippen LogP contribution in [0.1, 0.15) is 36.2 Å². The van der Waals surface area contributed by atoms with Crippen molar-refractivity contribution in [3.8, 4) is 0 Å². The quantitative estimate of drug-likeness (QED) is 0.766. The van der Waals surface area contributed by atoms with Gasteiger partial charge in [-0.1, -0.05) is 30.4 Å².